The van der Waals surface area contributed by atoms with Crippen LogP contribution in [0.1, 0.15) is 0 Å². The zero-order valence-corrected chi connectivity index (χ0v) is 5.20. The van der Waals surface area contributed by atoms with Crippen LogP contribution in [-0.4, -0.2) is 17.6 Å². The molecular formula is C6H7NO3. The van der Waals surface area contributed by atoms with E-state index in [0.29, 0.717) is 0 Å². The third kappa shape index (κ3) is 1.16. The summed E-state index contributed by atoms with van der Waals surface area (Å²) < 4.78 is 4.51. The number of rotatable bonds is 1. The summed E-state index contributed by atoms with van der Waals surface area (Å²) in [5.74, 6) is -0.569. The maximum atomic E-state index is 10.4. The first-order valence-electron chi connectivity index (χ1n) is 2.77. The van der Waals surface area contributed by atoms with Crippen molar-refractivity contribution in [3.63, 3.8) is 0 Å². The summed E-state index contributed by atoms with van der Waals surface area (Å²) in [5.41, 5.74) is 5.11. The second kappa shape index (κ2) is 2.53. The van der Waals surface area contributed by atoms with E-state index in [1.165, 1.54) is 6.08 Å². The van der Waals surface area contributed by atoms with Crippen LogP contribution < -0.4 is 5.73 Å². The van der Waals surface area contributed by atoms with Crippen molar-refractivity contribution in [2.75, 3.05) is 6.54 Å². The van der Waals surface area contributed by atoms with Crippen LogP contribution in [0.3, 0.4) is 0 Å². The van der Waals surface area contributed by atoms with Gasteiger partial charge < -0.3 is 15.6 Å². The second-order valence-corrected chi connectivity index (χ2v) is 1.75. The molecule has 1 aliphatic rings. The van der Waals surface area contributed by atoms with Gasteiger partial charge in [0.2, 0.25) is 0 Å². The Labute approximate surface area is 57.6 Å². The summed E-state index contributed by atoms with van der Waals surface area (Å²) >= 11 is 0. The summed E-state index contributed by atoms with van der Waals surface area (Å²) in [6.07, 6.45) is 2.43. The van der Waals surface area contributed by atoms with E-state index in [9.17, 15) is 4.79 Å². The fraction of sp³-hybridized carbons (Fsp3) is 0.167. The quantitative estimate of drug-likeness (QED) is 0.497. The van der Waals surface area contributed by atoms with Gasteiger partial charge in [0.1, 0.15) is 0 Å². The van der Waals surface area contributed by atoms with Crippen molar-refractivity contribution in [2.24, 2.45) is 5.73 Å². The predicted molar refractivity (Wildman–Crippen MR) is 33.9 cm³/mol. The summed E-state index contributed by atoms with van der Waals surface area (Å²) in [4.78, 5) is 10.4. The van der Waals surface area contributed by atoms with Gasteiger partial charge in [0, 0.05) is 6.54 Å². The Bertz CT molecular complexity index is 217. The van der Waals surface area contributed by atoms with Crippen molar-refractivity contribution in [1.82, 2.24) is 0 Å². The van der Waals surface area contributed by atoms with Gasteiger partial charge in [0.05, 0.1) is 6.08 Å². The molecule has 0 radical (unpaired) electrons. The molecule has 0 atom stereocenters. The molecule has 0 amide bonds. The third-order valence-corrected chi connectivity index (χ3v) is 1.02. The van der Waals surface area contributed by atoms with E-state index in [4.69, 9.17) is 10.8 Å². The van der Waals surface area contributed by atoms with Crippen LogP contribution in [-0.2, 0) is 9.53 Å². The van der Waals surface area contributed by atoms with Crippen LogP contribution in [0.2, 0.25) is 0 Å². The molecule has 1 rings (SSSR count). The molecule has 0 fully saturated rings. The summed E-state index contributed by atoms with van der Waals surface area (Å²) in [6, 6.07) is 0. The Morgan fingerprint density at radius 2 is 2.50 bits per heavy atom. The van der Waals surface area contributed by atoms with E-state index < -0.39 is 5.97 Å². The number of cyclic esters (lactones) is 1. The lowest BCUT2D eigenvalue weighted by atomic mass is 10.4. The van der Waals surface area contributed by atoms with E-state index >= 15 is 0 Å². The van der Waals surface area contributed by atoms with Gasteiger partial charge in [0.15, 0.2) is 11.5 Å². The zero-order chi connectivity index (χ0) is 7.56. The van der Waals surface area contributed by atoms with Crippen LogP contribution in [0.25, 0.3) is 0 Å². The first-order valence-corrected chi connectivity index (χ1v) is 2.77. The Balaban J connectivity index is 2.77. The highest BCUT2D eigenvalue weighted by Crippen LogP contribution is 2.15. The summed E-state index contributed by atoms with van der Waals surface area (Å²) in [5, 5.41) is 8.88. The molecule has 4 heteroatoms. The van der Waals surface area contributed by atoms with Crippen molar-refractivity contribution in [3.05, 3.63) is 23.7 Å². The maximum Gasteiger partial charge on any atom is 0.340 e. The number of carbonyl (C=O) groups is 1. The fourth-order valence-corrected chi connectivity index (χ4v) is 0.626. The van der Waals surface area contributed by atoms with Crippen LogP contribution in [0.5, 0.6) is 0 Å². The van der Waals surface area contributed by atoms with Crippen LogP contribution in [0, 0.1) is 0 Å². The highest BCUT2D eigenvalue weighted by molar-refractivity contribution is 5.87. The first-order chi connectivity index (χ1) is 4.74. The largest absolute Gasteiger partial charge is 0.504 e. The normalized spacial score (nSPS) is 21.1. The standard InChI is InChI=1S/C6H7NO3/c7-2-1-5-4(8)3-6(9)10-5/h1,3,8H,2,7H2/b5-1+. The van der Waals surface area contributed by atoms with Crippen LogP contribution in [0.15, 0.2) is 23.7 Å². The van der Waals surface area contributed by atoms with Gasteiger partial charge in [0.25, 0.3) is 0 Å². The number of carbonyl (C=O) groups excluding carboxylic acids is 1. The summed E-state index contributed by atoms with van der Waals surface area (Å²) in [7, 11) is 0. The van der Waals surface area contributed by atoms with E-state index in [2.05, 4.69) is 4.74 Å². The van der Waals surface area contributed by atoms with Crippen molar-refractivity contribution in [2.45, 2.75) is 0 Å². The van der Waals surface area contributed by atoms with Crippen LogP contribution in [0.4, 0.5) is 0 Å². The highest BCUT2D eigenvalue weighted by atomic mass is 16.6. The molecule has 0 unspecified atom stereocenters. The molecule has 1 aliphatic heterocycles. The average Bonchev–Trinajstić information content (AvgIpc) is 2.13. The van der Waals surface area contributed by atoms with Crippen molar-refractivity contribution < 1.29 is 14.6 Å². The monoisotopic (exact) mass is 141 g/mol. The molecule has 54 valence electrons. The Hall–Kier alpha value is -1.29. The molecule has 0 aromatic carbocycles. The number of hydrogen-bond acceptors (Lipinski definition) is 4. The first kappa shape index (κ1) is 6.82. The van der Waals surface area contributed by atoms with Gasteiger partial charge >= 0.3 is 5.97 Å². The molecule has 0 bridgehead atoms. The topological polar surface area (TPSA) is 72.5 Å². The van der Waals surface area contributed by atoms with Gasteiger partial charge in [-0.25, -0.2) is 4.79 Å². The van der Waals surface area contributed by atoms with E-state index in [1.54, 1.807) is 0 Å². The third-order valence-electron chi connectivity index (χ3n) is 1.02. The Kier molecular flexibility index (Phi) is 1.73. The molecule has 0 aromatic rings. The van der Waals surface area contributed by atoms with Gasteiger partial charge in [-0.15, -0.1) is 0 Å². The van der Waals surface area contributed by atoms with Gasteiger partial charge in [-0.3, -0.25) is 0 Å². The summed E-state index contributed by atoms with van der Waals surface area (Å²) in [6.45, 7) is 0.237. The van der Waals surface area contributed by atoms with Crippen molar-refractivity contribution in [1.29, 1.82) is 0 Å². The molecule has 0 aliphatic carbocycles. The Morgan fingerprint density at radius 1 is 1.80 bits per heavy atom. The number of aliphatic hydroxyl groups is 1. The van der Waals surface area contributed by atoms with Gasteiger partial charge in [-0.05, 0) is 6.08 Å². The molecule has 0 spiro atoms. The minimum absolute atomic E-state index is 0.146. The second-order valence-electron chi connectivity index (χ2n) is 1.75. The smallest absolute Gasteiger partial charge is 0.340 e. The minimum atomic E-state index is -0.558. The average molecular weight is 141 g/mol. The maximum absolute atomic E-state index is 10.4. The van der Waals surface area contributed by atoms with E-state index in [-0.39, 0.29) is 18.1 Å². The van der Waals surface area contributed by atoms with Gasteiger partial charge in [-0.1, -0.05) is 0 Å². The molecule has 3 N–H and O–H groups in total. The van der Waals surface area contributed by atoms with Crippen molar-refractivity contribution >= 4 is 5.97 Å². The number of aliphatic hydroxyl groups excluding tert-OH is 1. The molecule has 0 saturated carbocycles. The van der Waals surface area contributed by atoms with E-state index in [0.717, 1.165) is 6.08 Å². The predicted octanol–water partition coefficient (Wildman–Crippen LogP) is -0.172. The molecule has 10 heavy (non-hydrogen) atoms. The lowest BCUT2D eigenvalue weighted by Gasteiger charge is -1.94. The molecule has 0 aromatic heterocycles. The Morgan fingerprint density at radius 3 is 2.90 bits per heavy atom. The van der Waals surface area contributed by atoms with E-state index in [1.807, 2.05) is 0 Å². The SMILES string of the molecule is NC/C=C1/OC(=O)C=C1O. The molecular weight excluding hydrogens is 134 g/mol. The van der Waals surface area contributed by atoms with Crippen LogP contribution >= 0.6 is 0 Å². The minimum Gasteiger partial charge on any atom is -0.504 e. The van der Waals surface area contributed by atoms with Gasteiger partial charge in [-0.2, -0.15) is 0 Å². The fourth-order valence-electron chi connectivity index (χ4n) is 0.626. The lowest BCUT2D eigenvalue weighted by Crippen LogP contribution is -1.98. The van der Waals surface area contributed by atoms with Crippen molar-refractivity contribution in [3.8, 4) is 0 Å². The number of nitrogens with two attached hydrogens (primary N) is 1. The molecule has 4 nitrogen and oxygen atoms in total. The number of hydrogen-bond donors (Lipinski definition) is 2. The number of ether oxygens (including phenoxy) is 1. The molecule has 0 saturated heterocycles. The number of esters is 1. The molecule has 1 heterocycles. The highest BCUT2D eigenvalue weighted by Gasteiger charge is 2.17. The lowest BCUT2D eigenvalue weighted by molar-refractivity contribution is -0.132. The zero-order valence-electron chi connectivity index (χ0n) is 5.20.